The summed E-state index contributed by atoms with van der Waals surface area (Å²) in [7, 11) is -2.88. The lowest BCUT2D eigenvalue weighted by Gasteiger charge is -2.17. The molecular weight excluding hydrogens is 274 g/mol. The van der Waals surface area contributed by atoms with Crippen LogP contribution in [0.3, 0.4) is 0 Å². The predicted molar refractivity (Wildman–Crippen MR) is 87.0 cm³/mol. The van der Waals surface area contributed by atoms with Crippen molar-refractivity contribution in [1.82, 2.24) is 10.6 Å². The van der Waals surface area contributed by atoms with Crippen molar-refractivity contribution < 1.29 is 8.42 Å². The molecule has 0 bridgehead atoms. The van der Waals surface area contributed by atoms with Gasteiger partial charge >= 0.3 is 0 Å². The van der Waals surface area contributed by atoms with Crippen LogP contribution in [0.2, 0.25) is 0 Å². The quantitative estimate of drug-likeness (QED) is 0.368. The Labute approximate surface area is 124 Å². The lowest BCUT2D eigenvalue weighted by molar-refractivity contribution is 0.546. The number of sulfone groups is 1. The van der Waals surface area contributed by atoms with Crippen molar-refractivity contribution in [2.45, 2.75) is 58.9 Å². The first kappa shape index (κ1) is 19.2. The largest absolute Gasteiger partial charge is 0.357 e. The third kappa shape index (κ3) is 12.3. The highest BCUT2D eigenvalue weighted by Crippen LogP contribution is 2.02. The van der Waals surface area contributed by atoms with E-state index in [9.17, 15) is 8.42 Å². The SMILES string of the molecule is CCCCCC(C)NC(=NCCCS(C)(=O)=O)NCC. The van der Waals surface area contributed by atoms with Crippen LogP contribution in [0.5, 0.6) is 0 Å². The fourth-order valence-corrected chi connectivity index (χ4v) is 2.50. The molecule has 0 aromatic rings. The monoisotopic (exact) mass is 305 g/mol. The number of aliphatic imine (C=N–C) groups is 1. The topological polar surface area (TPSA) is 70.6 Å². The molecule has 0 aliphatic rings. The summed E-state index contributed by atoms with van der Waals surface area (Å²) < 4.78 is 22.1. The Morgan fingerprint density at radius 1 is 1.20 bits per heavy atom. The zero-order valence-electron chi connectivity index (χ0n) is 13.4. The highest BCUT2D eigenvalue weighted by Gasteiger charge is 2.05. The number of hydrogen-bond donors (Lipinski definition) is 2. The van der Waals surface area contributed by atoms with Gasteiger partial charge in [0.25, 0.3) is 0 Å². The number of nitrogens with zero attached hydrogens (tertiary/aromatic N) is 1. The van der Waals surface area contributed by atoms with Gasteiger partial charge < -0.3 is 10.6 Å². The van der Waals surface area contributed by atoms with Crippen molar-refractivity contribution in [1.29, 1.82) is 0 Å². The first-order chi connectivity index (χ1) is 9.39. The van der Waals surface area contributed by atoms with Crippen molar-refractivity contribution in [3.63, 3.8) is 0 Å². The molecule has 2 N–H and O–H groups in total. The maximum atomic E-state index is 11.0. The van der Waals surface area contributed by atoms with Gasteiger partial charge in [0.1, 0.15) is 9.84 Å². The summed E-state index contributed by atoms with van der Waals surface area (Å²) in [6, 6.07) is 0.384. The van der Waals surface area contributed by atoms with Crippen LogP contribution < -0.4 is 10.6 Å². The number of hydrogen-bond acceptors (Lipinski definition) is 3. The number of guanidine groups is 1. The Kier molecular flexibility index (Phi) is 10.5. The third-order valence-electron chi connectivity index (χ3n) is 2.91. The fraction of sp³-hybridized carbons (Fsp3) is 0.929. The van der Waals surface area contributed by atoms with Crippen LogP contribution >= 0.6 is 0 Å². The molecule has 0 saturated carbocycles. The molecule has 0 aromatic carbocycles. The summed E-state index contributed by atoms with van der Waals surface area (Å²) in [5.74, 6) is 0.979. The summed E-state index contributed by atoms with van der Waals surface area (Å²) in [6.45, 7) is 7.71. The lowest BCUT2D eigenvalue weighted by atomic mass is 10.1. The average molecular weight is 305 g/mol. The van der Waals surface area contributed by atoms with E-state index in [0.29, 0.717) is 19.0 Å². The van der Waals surface area contributed by atoms with Gasteiger partial charge in [0.05, 0.1) is 5.75 Å². The second-order valence-corrected chi connectivity index (χ2v) is 7.55. The maximum Gasteiger partial charge on any atom is 0.191 e. The lowest BCUT2D eigenvalue weighted by Crippen LogP contribution is -2.42. The standard InChI is InChI=1S/C14H31N3O2S/c1-5-7-8-10-13(3)17-14(15-6-2)16-11-9-12-20(4,18)19/h13H,5-12H2,1-4H3,(H2,15,16,17). The van der Waals surface area contributed by atoms with Gasteiger partial charge in [-0.1, -0.05) is 26.2 Å². The highest BCUT2D eigenvalue weighted by molar-refractivity contribution is 7.90. The first-order valence-electron chi connectivity index (χ1n) is 7.61. The summed E-state index contributed by atoms with van der Waals surface area (Å²) in [4.78, 5) is 4.41. The molecule has 1 atom stereocenters. The molecule has 0 radical (unpaired) electrons. The molecule has 20 heavy (non-hydrogen) atoms. The predicted octanol–water partition coefficient (Wildman–Crippen LogP) is 1.95. The van der Waals surface area contributed by atoms with Crippen LogP contribution in [0.25, 0.3) is 0 Å². The van der Waals surface area contributed by atoms with E-state index in [4.69, 9.17) is 0 Å². The Bertz CT molecular complexity index is 367. The zero-order valence-corrected chi connectivity index (χ0v) is 14.2. The molecule has 0 aliphatic carbocycles. The van der Waals surface area contributed by atoms with Crippen molar-refractivity contribution in [3.05, 3.63) is 0 Å². The van der Waals surface area contributed by atoms with E-state index < -0.39 is 9.84 Å². The molecule has 0 fully saturated rings. The van der Waals surface area contributed by atoms with Gasteiger partial charge in [0.2, 0.25) is 0 Å². The van der Waals surface area contributed by atoms with E-state index in [0.717, 1.165) is 18.9 Å². The molecule has 0 heterocycles. The maximum absolute atomic E-state index is 11.0. The second kappa shape index (κ2) is 10.9. The van der Waals surface area contributed by atoms with Crippen LogP contribution in [0.15, 0.2) is 4.99 Å². The van der Waals surface area contributed by atoms with Crippen molar-refractivity contribution in [2.75, 3.05) is 25.1 Å². The summed E-state index contributed by atoms with van der Waals surface area (Å²) in [5.41, 5.74) is 0. The van der Waals surface area contributed by atoms with Crippen LogP contribution in [0, 0.1) is 0 Å². The van der Waals surface area contributed by atoms with Gasteiger partial charge in [-0.2, -0.15) is 0 Å². The molecule has 0 saturated heterocycles. The minimum Gasteiger partial charge on any atom is -0.357 e. The van der Waals surface area contributed by atoms with E-state index in [1.807, 2.05) is 6.92 Å². The highest BCUT2D eigenvalue weighted by atomic mass is 32.2. The molecule has 6 heteroatoms. The molecular formula is C14H31N3O2S. The number of nitrogens with one attached hydrogen (secondary N) is 2. The van der Waals surface area contributed by atoms with Crippen LogP contribution in [0.4, 0.5) is 0 Å². The molecule has 0 spiro atoms. The Morgan fingerprint density at radius 3 is 2.45 bits per heavy atom. The van der Waals surface area contributed by atoms with Gasteiger partial charge in [-0.3, -0.25) is 4.99 Å². The first-order valence-corrected chi connectivity index (χ1v) is 9.67. The smallest absolute Gasteiger partial charge is 0.191 e. The molecule has 0 aliphatic heterocycles. The Morgan fingerprint density at radius 2 is 1.90 bits per heavy atom. The van der Waals surface area contributed by atoms with Gasteiger partial charge in [-0.25, -0.2) is 8.42 Å². The van der Waals surface area contributed by atoms with Crippen LogP contribution in [0.1, 0.15) is 52.9 Å². The van der Waals surface area contributed by atoms with E-state index in [1.54, 1.807) is 0 Å². The molecule has 0 amide bonds. The Hall–Kier alpha value is -0.780. The van der Waals surface area contributed by atoms with Crippen molar-refractivity contribution in [3.8, 4) is 0 Å². The molecule has 0 rings (SSSR count). The van der Waals surface area contributed by atoms with Crippen molar-refractivity contribution in [2.24, 2.45) is 4.99 Å². The van der Waals surface area contributed by atoms with E-state index in [2.05, 4.69) is 29.5 Å². The fourth-order valence-electron chi connectivity index (χ4n) is 1.84. The molecule has 1 unspecified atom stereocenters. The zero-order chi connectivity index (χ0) is 15.4. The minimum atomic E-state index is -2.88. The minimum absolute atomic E-state index is 0.196. The molecule has 0 aromatic heterocycles. The van der Waals surface area contributed by atoms with Gasteiger partial charge in [0.15, 0.2) is 5.96 Å². The summed E-state index contributed by atoms with van der Waals surface area (Å²) in [5, 5.41) is 6.55. The van der Waals surface area contributed by atoms with Crippen LogP contribution in [-0.4, -0.2) is 45.5 Å². The van der Waals surface area contributed by atoms with E-state index in [-0.39, 0.29) is 5.75 Å². The Balaban J connectivity index is 4.12. The molecule has 5 nitrogen and oxygen atoms in total. The molecule has 120 valence electrons. The second-order valence-electron chi connectivity index (χ2n) is 5.29. The number of rotatable bonds is 10. The van der Waals surface area contributed by atoms with Gasteiger partial charge in [0, 0.05) is 25.4 Å². The van der Waals surface area contributed by atoms with Gasteiger partial charge in [-0.15, -0.1) is 0 Å². The summed E-state index contributed by atoms with van der Waals surface area (Å²) >= 11 is 0. The van der Waals surface area contributed by atoms with Crippen molar-refractivity contribution >= 4 is 15.8 Å². The van der Waals surface area contributed by atoms with E-state index >= 15 is 0 Å². The van der Waals surface area contributed by atoms with Gasteiger partial charge in [-0.05, 0) is 26.7 Å². The average Bonchev–Trinajstić information content (AvgIpc) is 2.34. The normalized spacial score (nSPS) is 14.1. The number of unbranched alkanes of at least 4 members (excludes halogenated alkanes) is 2. The third-order valence-corrected chi connectivity index (χ3v) is 3.94. The summed E-state index contributed by atoms with van der Waals surface area (Å²) in [6.07, 6.45) is 6.66. The van der Waals surface area contributed by atoms with Crippen LogP contribution in [-0.2, 0) is 9.84 Å². The van der Waals surface area contributed by atoms with E-state index in [1.165, 1.54) is 25.5 Å².